The van der Waals surface area contributed by atoms with E-state index in [4.69, 9.17) is 4.42 Å². The Balaban J connectivity index is 0.00000180. The average Bonchev–Trinajstić information content (AvgIpc) is 2.28. The van der Waals surface area contributed by atoms with Gasteiger partial charge in [0.25, 0.3) is 5.91 Å². The minimum Gasteiger partial charge on any atom is -1.00 e. The summed E-state index contributed by atoms with van der Waals surface area (Å²) in [6.45, 7) is 1.51. The molecule has 0 unspecified atom stereocenters. The van der Waals surface area contributed by atoms with E-state index in [0.717, 1.165) is 0 Å². The SMILES string of the molecule is Cc1cc(O)c(C(=O)Nc2ccccc2)c(=O)o1.[H-].[Na+]. The molecule has 5 nitrogen and oxygen atoms in total. The number of hydrogen-bond acceptors (Lipinski definition) is 4. The van der Waals surface area contributed by atoms with Gasteiger partial charge in [-0.05, 0) is 19.1 Å². The van der Waals surface area contributed by atoms with Crippen molar-refractivity contribution in [2.24, 2.45) is 0 Å². The third kappa shape index (κ3) is 3.70. The fraction of sp³-hybridized carbons (Fsp3) is 0.0769. The molecule has 1 heterocycles. The van der Waals surface area contributed by atoms with E-state index >= 15 is 0 Å². The number of carbonyl (C=O) groups is 1. The zero-order valence-electron chi connectivity index (χ0n) is 11.6. The summed E-state index contributed by atoms with van der Waals surface area (Å²) in [6, 6.07) is 9.85. The van der Waals surface area contributed by atoms with Crippen LogP contribution in [0.25, 0.3) is 0 Å². The number of anilines is 1. The summed E-state index contributed by atoms with van der Waals surface area (Å²) in [6.07, 6.45) is 0. The van der Waals surface area contributed by atoms with Gasteiger partial charge in [-0.3, -0.25) is 4.79 Å². The molecule has 2 aromatic rings. The Bertz CT molecular complexity index is 643. The third-order valence-corrected chi connectivity index (χ3v) is 2.31. The van der Waals surface area contributed by atoms with Crippen molar-refractivity contribution in [1.82, 2.24) is 0 Å². The first kappa shape index (κ1) is 15.5. The number of aromatic hydroxyl groups is 1. The van der Waals surface area contributed by atoms with Gasteiger partial charge in [0.15, 0.2) is 5.56 Å². The van der Waals surface area contributed by atoms with Crippen LogP contribution in [0.1, 0.15) is 17.5 Å². The molecule has 0 fully saturated rings. The minimum atomic E-state index is -0.860. The van der Waals surface area contributed by atoms with Crippen LogP contribution in [-0.4, -0.2) is 11.0 Å². The molecule has 0 atom stereocenters. The molecule has 0 aliphatic carbocycles. The number of para-hydroxylation sites is 1. The molecular formula is C13H12NNaO4. The van der Waals surface area contributed by atoms with Crippen LogP contribution in [0.4, 0.5) is 5.69 Å². The summed E-state index contributed by atoms with van der Waals surface area (Å²) in [5.74, 6) is -0.849. The van der Waals surface area contributed by atoms with Gasteiger partial charge in [-0.15, -0.1) is 0 Å². The summed E-state index contributed by atoms with van der Waals surface area (Å²) < 4.78 is 4.77. The van der Waals surface area contributed by atoms with E-state index in [2.05, 4.69) is 5.32 Å². The van der Waals surface area contributed by atoms with Gasteiger partial charge in [-0.1, -0.05) is 18.2 Å². The Kier molecular flexibility index (Phi) is 5.35. The number of nitrogens with one attached hydrogen (secondary N) is 1. The second-order valence-corrected chi connectivity index (χ2v) is 3.72. The van der Waals surface area contributed by atoms with Gasteiger partial charge in [-0.25, -0.2) is 4.79 Å². The van der Waals surface area contributed by atoms with E-state index in [1.807, 2.05) is 0 Å². The molecule has 0 spiro atoms. The summed E-state index contributed by atoms with van der Waals surface area (Å²) >= 11 is 0. The van der Waals surface area contributed by atoms with Crippen molar-refractivity contribution in [3.05, 3.63) is 58.1 Å². The quantitative estimate of drug-likeness (QED) is 0.687. The standard InChI is InChI=1S/C13H11NO4.Na.H/c1-8-7-10(15)11(13(17)18-8)12(16)14-9-5-3-2-4-6-9;;/h2-7,15H,1H3,(H,14,16);;/q;+1;-1. The first-order chi connectivity index (χ1) is 8.58. The molecule has 1 amide bonds. The maximum atomic E-state index is 11.8. The van der Waals surface area contributed by atoms with Crippen molar-refractivity contribution in [3.63, 3.8) is 0 Å². The first-order valence-electron chi connectivity index (χ1n) is 5.28. The van der Waals surface area contributed by atoms with E-state index in [1.165, 1.54) is 13.0 Å². The smallest absolute Gasteiger partial charge is 1.00 e. The number of hydrogen-bond donors (Lipinski definition) is 2. The molecule has 2 N–H and O–H groups in total. The molecule has 19 heavy (non-hydrogen) atoms. The predicted molar refractivity (Wildman–Crippen MR) is 66.9 cm³/mol. The van der Waals surface area contributed by atoms with Crippen LogP contribution < -0.4 is 40.5 Å². The van der Waals surface area contributed by atoms with E-state index in [1.54, 1.807) is 30.3 Å². The molecule has 94 valence electrons. The molecule has 0 saturated carbocycles. The van der Waals surface area contributed by atoms with E-state index in [-0.39, 0.29) is 36.7 Å². The predicted octanol–water partition coefficient (Wildman–Crippen LogP) is -0.977. The van der Waals surface area contributed by atoms with Crippen LogP contribution in [0, 0.1) is 6.92 Å². The van der Waals surface area contributed by atoms with Gasteiger partial charge in [0.05, 0.1) is 0 Å². The Morgan fingerprint density at radius 2 is 1.95 bits per heavy atom. The first-order valence-corrected chi connectivity index (χ1v) is 5.28. The van der Waals surface area contributed by atoms with Crippen LogP contribution in [0.15, 0.2) is 45.6 Å². The number of carbonyl (C=O) groups excluding carboxylic acids is 1. The summed E-state index contributed by atoms with van der Waals surface area (Å²) in [5, 5.41) is 12.1. The maximum absolute atomic E-state index is 11.8. The number of rotatable bonds is 2. The summed E-state index contributed by atoms with van der Waals surface area (Å²) in [7, 11) is 0. The second-order valence-electron chi connectivity index (χ2n) is 3.72. The van der Waals surface area contributed by atoms with E-state index in [9.17, 15) is 14.7 Å². The second kappa shape index (κ2) is 6.56. The molecule has 0 aliphatic heterocycles. The largest absolute Gasteiger partial charge is 1.00 e. The molecule has 1 aromatic carbocycles. The molecule has 2 rings (SSSR count). The van der Waals surface area contributed by atoms with Crippen molar-refractivity contribution < 1.29 is 45.3 Å². The van der Waals surface area contributed by atoms with Crippen molar-refractivity contribution in [3.8, 4) is 5.75 Å². The number of aryl methyl sites for hydroxylation is 1. The number of amides is 1. The fourth-order valence-electron chi connectivity index (χ4n) is 1.52. The Labute approximate surface area is 133 Å². The van der Waals surface area contributed by atoms with Crippen LogP contribution >= 0.6 is 0 Å². The van der Waals surface area contributed by atoms with Crippen molar-refractivity contribution in [2.75, 3.05) is 5.32 Å². The normalized spacial score (nSPS) is 9.53. The molecule has 0 bridgehead atoms. The zero-order valence-corrected chi connectivity index (χ0v) is 12.6. The molecule has 1 aromatic heterocycles. The van der Waals surface area contributed by atoms with Crippen molar-refractivity contribution in [1.29, 1.82) is 0 Å². The van der Waals surface area contributed by atoms with Crippen LogP contribution in [0.5, 0.6) is 5.75 Å². The van der Waals surface area contributed by atoms with Crippen LogP contribution in [0.2, 0.25) is 0 Å². The van der Waals surface area contributed by atoms with Gasteiger partial charge in [0.1, 0.15) is 11.5 Å². The average molecular weight is 269 g/mol. The summed E-state index contributed by atoms with van der Waals surface area (Å²) in [5.41, 5.74) is -0.729. The molecule has 0 radical (unpaired) electrons. The number of benzene rings is 1. The topological polar surface area (TPSA) is 79.5 Å². The van der Waals surface area contributed by atoms with Gasteiger partial charge < -0.3 is 16.3 Å². The third-order valence-electron chi connectivity index (χ3n) is 2.31. The monoisotopic (exact) mass is 269 g/mol. The van der Waals surface area contributed by atoms with Crippen LogP contribution in [-0.2, 0) is 0 Å². The maximum Gasteiger partial charge on any atom is 1.00 e. The molecular weight excluding hydrogens is 257 g/mol. The zero-order chi connectivity index (χ0) is 13.1. The minimum absolute atomic E-state index is 0. The van der Waals surface area contributed by atoms with Crippen LogP contribution in [0.3, 0.4) is 0 Å². The van der Waals surface area contributed by atoms with E-state index < -0.39 is 22.8 Å². The fourth-order valence-corrected chi connectivity index (χ4v) is 1.52. The molecule has 0 aliphatic rings. The van der Waals surface area contributed by atoms with Gasteiger partial charge in [-0.2, -0.15) is 0 Å². The van der Waals surface area contributed by atoms with Crippen molar-refractivity contribution in [2.45, 2.75) is 6.92 Å². The Hall–Kier alpha value is -1.56. The Morgan fingerprint density at radius 3 is 2.53 bits per heavy atom. The van der Waals surface area contributed by atoms with Gasteiger partial charge >= 0.3 is 35.2 Å². The molecule has 6 heteroatoms. The van der Waals surface area contributed by atoms with Gasteiger partial charge in [0.2, 0.25) is 0 Å². The van der Waals surface area contributed by atoms with Crippen molar-refractivity contribution >= 4 is 11.6 Å². The van der Waals surface area contributed by atoms with Gasteiger partial charge in [0, 0.05) is 11.8 Å². The summed E-state index contributed by atoms with van der Waals surface area (Å²) in [4.78, 5) is 23.3. The Morgan fingerprint density at radius 1 is 1.32 bits per heavy atom. The molecule has 0 saturated heterocycles. The van der Waals surface area contributed by atoms with E-state index in [0.29, 0.717) is 5.69 Å².